The van der Waals surface area contributed by atoms with Gasteiger partial charge in [0.05, 0.1) is 6.54 Å². The quantitative estimate of drug-likeness (QED) is 0.538. The Morgan fingerprint density at radius 3 is 2.70 bits per heavy atom. The molecule has 1 saturated heterocycles. The maximum absolute atomic E-state index is 6.36. The summed E-state index contributed by atoms with van der Waals surface area (Å²) in [7, 11) is 0. The lowest BCUT2D eigenvalue weighted by Crippen LogP contribution is -2.37. The molecular weight excluding hydrogens is 417 g/mol. The zero-order chi connectivity index (χ0) is 20.9. The largest absolute Gasteiger partial charge is 0.309 e. The van der Waals surface area contributed by atoms with E-state index in [9.17, 15) is 0 Å². The Morgan fingerprint density at radius 1 is 1.10 bits per heavy atom. The smallest absolute Gasteiger partial charge is 0.117 e. The molecule has 0 bridgehead atoms. The number of aromatic nitrogens is 3. The Bertz CT molecular complexity index is 973. The molecule has 4 rings (SSSR count). The van der Waals surface area contributed by atoms with Crippen molar-refractivity contribution in [2.24, 2.45) is 0 Å². The topological polar surface area (TPSA) is 46.0 Å². The van der Waals surface area contributed by atoms with Crippen LogP contribution in [0.4, 0.5) is 0 Å². The lowest BCUT2D eigenvalue weighted by molar-refractivity contribution is 0.259. The zero-order valence-corrected chi connectivity index (χ0v) is 18.7. The number of nitrogens with one attached hydrogen (secondary N) is 1. The molecular formula is C23H27Cl2N5. The highest BCUT2D eigenvalue weighted by Crippen LogP contribution is 2.24. The molecule has 0 spiro atoms. The SMILES string of the molecule is CCN1CCC[C@H]1CNCc1nn(Cc2ccc(Cl)cc2Cl)nc1-c1ccccc1. The van der Waals surface area contributed by atoms with Gasteiger partial charge in [-0.25, -0.2) is 0 Å². The van der Waals surface area contributed by atoms with E-state index in [1.54, 1.807) is 10.9 Å². The third-order valence-corrected chi connectivity index (χ3v) is 6.26. The lowest BCUT2D eigenvalue weighted by Gasteiger charge is -2.22. The van der Waals surface area contributed by atoms with Gasteiger partial charge in [-0.3, -0.25) is 4.90 Å². The van der Waals surface area contributed by atoms with Gasteiger partial charge in [-0.15, -0.1) is 0 Å². The molecule has 3 aromatic rings. The molecule has 1 aromatic heterocycles. The summed E-state index contributed by atoms with van der Waals surface area (Å²) in [6.45, 7) is 6.71. The van der Waals surface area contributed by atoms with Crippen LogP contribution in [0.2, 0.25) is 10.0 Å². The number of halogens is 2. The number of likely N-dealkylation sites (tertiary alicyclic amines) is 1. The lowest BCUT2D eigenvalue weighted by atomic mass is 10.1. The van der Waals surface area contributed by atoms with Gasteiger partial charge < -0.3 is 5.32 Å². The summed E-state index contributed by atoms with van der Waals surface area (Å²) in [6, 6.07) is 16.3. The van der Waals surface area contributed by atoms with Crippen molar-refractivity contribution in [3.63, 3.8) is 0 Å². The second-order valence-electron chi connectivity index (χ2n) is 7.68. The number of likely N-dealkylation sites (N-methyl/N-ethyl adjacent to an activating group) is 1. The molecule has 1 fully saturated rings. The highest BCUT2D eigenvalue weighted by Gasteiger charge is 2.22. The molecule has 0 aliphatic carbocycles. The normalized spacial score (nSPS) is 17.0. The first-order valence-electron chi connectivity index (χ1n) is 10.5. The summed E-state index contributed by atoms with van der Waals surface area (Å²) in [4.78, 5) is 4.27. The second-order valence-corrected chi connectivity index (χ2v) is 8.53. The molecule has 0 amide bonds. The van der Waals surface area contributed by atoms with E-state index in [4.69, 9.17) is 33.4 Å². The van der Waals surface area contributed by atoms with E-state index in [-0.39, 0.29) is 0 Å². The Morgan fingerprint density at radius 2 is 1.93 bits per heavy atom. The molecule has 2 aromatic carbocycles. The Kier molecular flexibility index (Phi) is 7.05. The van der Waals surface area contributed by atoms with E-state index in [1.807, 2.05) is 30.3 Å². The van der Waals surface area contributed by atoms with Crippen molar-refractivity contribution in [1.82, 2.24) is 25.2 Å². The van der Waals surface area contributed by atoms with Crippen molar-refractivity contribution in [2.75, 3.05) is 19.6 Å². The molecule has 2 heterocycles. The van der Waals surface area contributed by atoms with Gasteiger partial charge in [0.1, 0.15) is 11.4 Å². The van der Waals surface area contributed by atoms with Crippen molar-refractivity contribution in [2.45, 2.75) is 38.9 Å². The van der Waals surface area contributed by atoms with Gasteiger partial charge in [-0.1, -0.05) is 66.5 Å². The van der Waals surface area contributed by atoms with Gasteiger partial charge in [-0.2, -0.15) is 15.0 Å². The number of rotatable bonds is 8. The van der Waals surface area contributed by atoms with Crippen LogP contribution in [0, 0.1) is 0 Å². The summed E-state index contributed by atoms with van der Waals surface area (Å²) >= 11 is 12.4. The number of hydrogen-bond donors (Lipinski definition) is 1. The van der Waals surface area contributed by atoms with Gasteiger partial charge >= 0.3 is 0 Å². The highest BCUT2D eigenvalue weighted by molar-refractivity contribution is 6.35. The fourth-order valence-corrected chi connectivity index (χ4v) is 4.56. The third kappa shape index (κ3) is 5.03. The molecule has 1 aliphatic heterocycles. The zero-order valence-electron chi connectivity index (χ0n) is 17.2. The summed E-state index contributed by atoms with van der Waals surface area (Å²) in [6.07, 6.45) is 2.54. The van der Waals surface area contributed by atoms with Crippen LogP contribution in [-0.2, 0) is 13.1 Å². The van der Waals surface area contributed by atoms with Gasteiger partial charge in [-0.05, 0) is 43.6 Å². The van der Waals surface area contributed by atoms with E-state index >= 15 is 0 Å². The first-order chi connectivity index (χ1) is 14.6. The van der Waals surface area contributed by atoms with Crippen LogP contribution in [0.3, 0.4) is 0 Å². The van der Waals surface area contributed by atoms with E-state index in [0.29, 0.717) is 29.2 Å². The molecule has 1 N–H and O–H groups in total. The van der Waals surface area contributed by atoms with Crippen LogP contribution < -0.4 is 5.32 Å². The first-order valence-corrected chi connectivity index (χ1v) is 11.3. The minimum atomic E-state index is 0.502. The van der Waals surface area contributed by atoms with Crippen LogP contribution in [0.15, 0.2) is 48.5 Å². The molecule has 0 unspecified atom stereocenters. The Labute approximate surface area is 188 Å². The minimum absolute atomic E-state index is 0.502. The summed E-state index contributed by atoms with van der Waals surface area (Å²) in [5.41, 5.74) is 3.87. The average molecular weight is 444 g/mol. The standard InChI is InChI=1S/C23H27Cl2N5/c1-2-29-12-6-9-20(29)14-26-15-22-23(17-7-4-3-5-8-17)28-30(27-22)16-18-10-11-19(24)13-21(18)25/h3-5,7-8,10-11,13,20,26H,2,6,9,12,14-16H2,1H3/t20-/m0/s1. The van der Waals surface area contributed by atoms with Crippen molar-refractivity contribution >= 4 is 23.2 Å². The fraction of sp³-hybridized carbons (Fsp3) is 0.391. The van der Waals surface area contributed by atoms with Crippen LogP contribution in [0.5, 0.6) is 0 Å². The average Bonchev–Trinajstić information content (AvgIpc) is 3.37. The first kappa shape index (κ1) is 21.3. The molecule has 0 saturated carbocycles. The Hall–Kier alpha value is -1.92. The maximum atomic E-state index is 6.36. The number of nitrogens with zero attached hydrogens (tertiary/aromatic N) is 4. The molecule has 158 valence electrons. The van der Waals surface area contributed by atoms with E-state index in [2.05, 4.69) is 29.3 Å². The molecule has 1 aliphatic rings. The van der Waals surface area contributed by atoms with Crippen molar-refractivity contribution in [3.8, 4) is 11.3 Å². The monoisotopic (exact) mass is 443 g/mol. The van der Waals surface area contributed by atoms with E-state index < -0.39 is 0 Å². The summed E-state index contributed by atoms with van der Waals surface area (Å²) in [5.74, 6) is 0. The van der Waals surface area contributed by atoms with Gasteiger partial charge in [0.2, 0.25) is 0 Å². The fourth-order valence-electron chi connectivity index (χ4n) is 4.09. The van der Waals surface area contributed by atoms with E-state index in [1.165, 1.54) is 19.4 Å². The number of benzene rings is 2. The van der Waals surface area contributed by atoms with Crippen LogP contribution in [0.1, 0.15) is 31.0 Å². The van der Waals surface area contributed by atoms with Crippen molar-refractivity contribution in [1.29, 1.82) is 0 Å². The van der Waals surface area contributed by atoms with E-state index in [0.717, 1.165) is 35.6 Å². The highest BCUT2D eigenvalue weighted by atomic mass is 35.5. The summed E-state index contributed by atoms with van der Waals surface area (Å²) in [5, 5.41) is 14.4. The van der Waals surface area contributed by atoms with Gasteiger partial charge in [0, 0.05) is 34.7 Å². The predicted molar refractivity (Wildman–Crippen MR) is 123 cm³/mol. The van der Waals surface area contributed by atoms with Crippen LogP contribution >= 0.6 is 23.2 Å². The number of hydrogen-bond acceptors (Lipinski definition) is 4. The maximum Gasteiger partial charge on any atom is 0.117 e. The molecule has 5 nitrogen and oxygen atoms in total. The van der Waals surface area contributed by atoms with Gasteiger partial charge in [0.15, 0.2) is 0 Å². The van der Waals surface area contributed by atoms with Crippen molar-refractivity contribution < 1.29 is 0 Å². The molecule has 7 heteroatoms. The Balaban J connectivity index is 1.52. The van der Waals surface area contributed by atoms with Crippen LogP contribution in [-0.4, -0.2) is 45.6 Å². The van der Waals surface area contributed by atoms with Gasteiger partial charge in [0.25, 0.3) is 0 Å². The summed E-state index contributed by atoms with van der Waals surface area (Å²) < 4.78 is 0. The van der Waals surface area contributed by atoms with Crippen LogP contribution in [0.25, 0.3) is 11.3 Å². The molecule has 1 atom stereocenters. The molecule has 30 heavy (non-hydrogen) atoms. The third-order valence-electron chi connectivity index (χ3n) is 5.68. The predicted octanol–water partition coefficient (Wildman–Crippen LogP) is 4.87. The minimum Gasteiger partial charge on any atom is -0.309 e. The van der Waals surface area contributed by atoms with Crippen molar-refractivity contribution in [3.05, 3.63) is 69.8 Å². The second kappa shape index (κ2) is 9.92. The molecule has 0 radical (unpaired) electrons.